The van der Waals surface area contributed by atoms with Gasteiger partial charge in [-0.05, 0) is 30.0 Å². The molecule has 1 aromatic rings. The van der Waals surface area contributed by atoms with Crippen LogP contribution in [0.15, 0.2) is 24.3 Å². The molecule has 1 saturated heterocycles. The Hall–Kier alpha value is -1.42. The van der Waals surface area contributed by atoms with Gasteiger partial charge in [-0.25, -0.2) is 4.39 Å². The van der Waals surface area contributed by atoms with E-state index in [4.69, 9.17) is 0 Å². The van der Waals surface area contributed by atoms with Gasteiger partial charge in [-0.1, -0.05) is 46.8 Å². The summed E-state index contributed by atoms with van der Waals surface area (Å²) in [4.78, 5) is 17.2. The lowest BCUT2D eigenvalue weighted by Gasteiger charge is -2.36. The summed E-state index contributed by atoms with van der Waals surface area (Å²) < 4.78 is 13.1. The molecule has 0 aliphatic carbocycles. The third-order valence-corrected chi connectivity index (χ3v) is 4.75. The summed E-state index contributed by atoms with van der Waals surface area (Å²) in [6, 6.07) is 7.08. The van der Waals surface area contributed by atoms with E-state index in [2.05, 4.69) is 18.7 Å². The van der Waals surface area contributed by atoms with Crippen LogP contribution in [0.5, 0.6) is 0 Å². The number of benzene rings is 1. The van der Waals surface area contributed by atoms with E-state index in [1.165, 1.54) is 12.1 Å². The standard InChI is InChI=1S/C20H31FN2O/c1-15(2)18-14-23(19(24)20(3,4)5)12-6-11-22(18)13-16-7-9-17(21)10-8-16/h7-10,15,18H,6,11-14H2,1-5H3/t18-/m1/s1. The summed E-state index contributed by atoms with van der Waals surface area (Å²) in [6.07, 6.45) is 0.978. The van der Waals surface area contributed by atoms with Crippen LogP contribution in [0.3, 0.4) is 0 Å². The van der Waals surface area contributed by atoms with Gasteiger partial charge in [0, 0.05) is 37.6 Å². The Labute approximate surface area is 145 Å². The van der Waals surface area contributed by atoms with Crippen LogP contribution in [0.25, 0.3) is 0 Å². The third kappa shape index (κ3) is 4.79. The Morgan fingerprint density at radius 3 is 2.38 bits per heavy atom. The normalized spacial score (nSPS) is 20.3. The van der Waals surface area contributed by atoms with Crippen LogP contribution in [0, 0.1) is 17.2 Å². The molecule has 0 aromatic heterocycles. The number of amides is 1. The summed E-state index contributed by atoms with van der Waals surface area (Å²) in [7, 11) is 0. The average Bonchev–Trinajstić information content (AvgIpc) is 2.70. The first-order valence-electron chi connectivity index (χ1n) is 8.96. The minimum Gasteiger partial charge on any atom is -0.341 e. The van der Waals surface area contributed by atoms with E-state index < -0.39 is 0 Å². The predicted molar refractivity (Wildman–Crippen MR) is 96.1 cm³/mol. The van der Waals surface area contributed by atoms with E-state index in [1.54, 1.807) is 0 Å². The van der Waals surface area contributed by atoms with Crippen molar-refractivity contribution >= 4 is 5.91 Å². The number of hydrogen-bond donors (Lipinski definition) is 0. The molecule has 1 heterocycles. The van der Waals surface area contributed by atoms with Crippen molar-refractivity contribution in [2.45, 2.75) is 53.6 Å². The Bertz CT molecular complexity index is 548. The van der Waals surface area contributed by atoms with Gasteiger partial charge >= 0.3 is 0 Å². The first-order valence-corrected chi connectivity index (χ1v) is 8.96. The zero-order chi connectivity index (χ0) is 17.9. The lowest BCUT2D eigenvalue weighted by molar-refractivity contribution is -0.140. The number of carbonyl (C=O) groups excluding carboxylic acids is 1. The molecule has 3 nitrogen and oxygen atoms in total. The molecule has 4 heteroatoms. The van der Waals surface area contributed by atoms with E-state index >= 15 is 0 Å². The second-order valence-electron chi connectivity index (χ2n) is 8.26. The molecule has 0 unspecified atom stereocenters. The number of hydrogen-bond acceptors (Lipinski definition) is 2. The fourth-order valence-corrected chi connectivity index (χ4v) is 3.37. The predicted octanol–water partition coefficient (Wildman–Crippen LogP) is 3.93. The zero-order valence-corrected chi connectivity index (χ0v) is 15.7. The highest BCUT2D eigenvalue weighted by atomic mass is 19.1. The van der Waals surface area contributed by atoms with E-state index in [0.29, 0.717) is 12.0 Å². The van der Waals surface area contributed by atoms with Crippen molar-refractivity contribution in [3.63, 3.8) is 0 Å². The molecule has 134 valence electrons. The molecule has 0 spiro atoms. The second-order valence-corrected chi connectivity index (χ2v) is 8.26. The van der Waals surface area contributed by atoms with Gasteiger partial charge in [0.1, 0.15) is 5.82 Å². The van der Waals surface area contributed by atoms with Crippen molar-refractivity contribution in [3.8, 4) is 0 Å². The largest absolute Gasteiger partial charge is 0.341 e. The molecule has 0 N–H and O–H groups in total. The van der Waals surface area contributed by atoms with E-state index in [9.17, 15) is 9.18 Å². The lowest BCUT2D eigenvalue weighted by atomic mass is 9.93. The van der Waals surface area contributed by atoms with Crippen molar-refractivity contribution in [2.24, 2.45) is 11.3 Å². The van der Waals surface area contributed by atoms with Gasteiger partial charge in [-0.2, -0.15) is 0 Å². The maximum atomic E-state index is 13.1. The van der Waals surface area contributed by atoms with E-state index in [-0.39, 0.29) is 17.1 Å². The molecule has 1 atom stereocenters. The van der Waals surface area contributed by atoms with Gasteiger partial charge in [-0.15, -0.1) is 0 Å². The molecule has 2 rings (SSSR count). The molecule has 24 heavy (non-hydrogen) atoms. The molecule has 0 bridgehead atoms. The molecule has 0 saturated carbocycles. The Morgan fingerprint density at radius 1 is 1.21 bits per heavy atom. The molecular weight excluding hydrogens is 303 g/mol. The van der Waals surface area contributed by atoms with Crippen molar-refractivity contribution in [2.75, 3.05) is 19.6 Å². The van der Waals surface area contributed by atoms with Gasteiger partial charge in [0.15, 0.2) is 0 Å². The lowest BCUT2D eigenvalue weighted by Crippen LogP contribution is -2.48. The first kappa shape index (κ1) is 18.9. The molecule has 0 radical (unpaired) electrons. The molecule has 1 aliphatic rings. The fraction of sp³-hybridized carbons (Fsp3) is 0.650. The van der Waals surface area contributed by atoms with Crippen molar-refractivity contribution < 1.29 is 9.18 Å². The maximum absolute atomic E-state index is 13.1. The fourth-order valence-electron chi connectivity index (χ4n) is 3.37. The Kier molecular flexibility index (Phi) is 6.02. The monoisotopic (exact) mass is 334 g/mol. The smallest absolute Gasteiger partial charge is 0.228 e. The summed E-state index contributed by atoms with van der Waals surface area (Å²) in [5.74, 6) is 0.493. The van der Waals surface area contributed by atoms with Crippen LogP contribution in [-0.4, -0.2) is 41.4 Å². The molecule has 1 amide bonds. The van der Waals surface area contributed by atoms with Gasteiger partial charge in [0.25, 0.3) is 0 Å². The van der Waals surface area contributed by atoms with Gasteiger partial charge in [-0.3, -0.25) is 9.69 Å². The van der Waals surface area contributed by atoms with Crippen molar-refractivity contribution in [3.05, 3.63) is 35.6 Å². The van der Waals surface area contributed by atoms with E-state index in [0.717, 1.165) is 38.2 Å². The van der Waals surface area contributed by atoms with Crippen molar-refractivity contribution in [1.29, 1.82) is 0 Å². The molecule has 1 fully saturated rings. The Balaban J connectivity index is 2.14. The highest BCUT2D eigenvalue weighted by molar-refractivity contribution is 5.81. The number of halogens is 1. The van der Waals surface area contributed by atoms with Gasteiger partial charge < -0.3 is 4.90 Å². The van der Waals surface area contributed by atoms with Gasteiger partial charge in [0.2, 0.25) is 5.91 Å². The zero-order valence-electron chi connectivity index (χ0n) is 15.7. The molecule has 1 aromatic carbocycles. The van der Waals surface area contributed by atoms with E-state index in [1.807, 2.05) is 37.8 Å². The SMILES string of the molecule is CC(C)[C@H]1CN(C(=O)C(C)(C)C)CCCN1Cc1ccc(F)cc1. The third-order valence-electron chi connectivity index (χ3n) is 4.75. The minimum atomic E-state index is -0.340. The van der Waals surface area contributed by atoms with Crippen LogP contribution >= 0.6 is 0 Å². The number of rotatable bonds is 3. The van der Waals surface area contributed by atoms with Crippen LogP contribution in [-0.2, 0) is 11.3 Å². The summed E-state index contributed by atoms with van der Waals surface area (Å²) >= 11 is 0. The first-order chi connectivity index (χ1) is 11.2. The summed E-state index contributed by atoms with van der Waals surface area (Å²) in [5.41, 5.74) is 0.783. The highest BCUT2D eigenvalue weighted by Crippen LogP contribution is 2.24. The summed E-state index contributed by atoms with van der Waals surface area (Å²) in [6.45, 7) is 13.8. The minimum absolute atomic E-state index is 0.197. The number of nitrogens with zero attached hydrogens (tertiary/aromatic N) is 2. The maximum Gasteiger partial charge on any atom is 0.228 e. The van der Waals surface area contributed by atoms with Crippen LogP contribution in [0.2, 0.25) is 0 Å². The molecule has 1 aliphatic heterocycles. The van der Waals surface area contributed by atoms with Crippen LogP contribution < -0.4 is 0 Å². The second kappa shape index (κ2) is 7.64. The van der Waals surface area contributed by atoms with Crippen molar-refractivity contribution in [1.82, 2.24) is 9.80 Å². The van der Waals surface area contributed by atoms with Crippen LogP contribution in [0.4, 0.5) is 4.39 Å². The molecular formula is C20H31FN2O. The van der Waals surface area contributed by atoms with Crippen LogP contribution in [0.1, 0.15) is 46.6 Å². The Morgan fingerprint density at radius 2 is 1.83 bits per heavy atom. The average molecular weight is 334 g/mol. The number of carbonyl (C=O) groups is 1. The summed E-state index contributed by atoms with van der Waals surface area (Å²) in [5, 5.41) is 0. The quantitative estimate of drug-likeness (QED) is 0.836. The highest BCUT2D eigenvalue weighted by Gasteiger charge is 2.33. The topological polar surface area (TPSA) is 23.6 Å². The van der Waals surface area contributed by atoms with Gasteiger partial charge in [0.05, 0.1) is 0 Å².